The molecule has 0 radical (unpaired) electrons. The third kappa shape index (κ3) is 3.60. The van der Waals surface area contributed by atoms with E-state index >= 15 is 0 Å². The molecule has 1 aromatic carbocycles. The minimum Gasteiger partial charge on any atom is -0.366 e. The summed E-state index contributed by atoms with van der Waals surface area (Å²) in [6, 6.07) is 7.08. The molecule has 7 heteroatoms. The lowest BCUT2D eigenvalue weighted by Gasteiger charge is -2.34. The van der Waals surface area contributed by atoms with Gasteiger partial charge in [-0.05, 0) is 38.6 Å². The lowest BCUT2D eigenvalue weighted by molar-refractivity contribution is -0.138. The summed E-state index contributed by atoms with van der Waals surface area (Å²) in [5.41, 5.74) is 8.70. The average Bonchev–Trinajstić information content (AvgIpc) is 3.10. The lowest BCUT2D eigenvalue weighted by Crippen LogP contribution is -2.45. The molecule has 4 rings (SSSR count). The van der Waals surface area contributed by atoms with Crippen LogP contribution in [0.25, 0.3) is 11.4 Å². The van der Waals surface area contributed by atoms with Crippen molar-refractivity contribution in [2.45, 2.75) is 25.8 Å². The fourth-order valence-electron chi connectivity index (χ4n) is 4.04. The summed E-state index contributed by atoms with van der Waals surface area (Å²) in [5.74, 6) is 0.689. The van der Waals surface area contributed by atoms with Gasteiger partial charge in [-0.15, -0.1) is 0 Å². The number of hydrogen-bond donors (Lipinski definition) is 2. The molecule has 7 nitrogen and oxygen atoms in total. The summed E-state index contributed by atoms with van der Waals surface area (Å²) >= 11 is 0. The number of piperidine rings is 1. The Morgan fingerprint density at radius 3 is 2.70 bits per heavy atom. The number of nitrogens with two attached hydrogens (primary N) is 1. The van der Waals surface area contributed by atoms with E-state index in [1.165, 1.54) is 0 Å². The van der Waals surface area contributed by atoms with Crippen molar-refractivity contribution in [1.29, 1.82) is 0 Å². The van der Waals surface area contributed by atoms with Crippen LogP contribution in [-0.2, 0) is 17.8 Å². The zero-order valence-corrected chi connectivity index (χ0v) is 15.6. The monoisotopic (exact) mass is 367 g/mol. The Morgan fingerprint density at radius 1 is 1.22 bits per heavy atom. The molecule has 1 atom stereocenters. The van der Waals surface area contributed by atoms with E-state index in [0.29, 0.717) is 12.1 Å². The van der Waals surface area contributed by atoms with Gasteiger partial charge in [0.1, 0.15) is 5.82 Å². The number of amides is 2. The van der Waals surface area contributed by atoms with Gasteiger partial charge in [0, 0.05) is 30.6 Å². The topological polar surface area (TPSA) is 95.3 Å². The number of imidazole rings is 1. The Morgan fingerprint density at radius 2 is 2.00 bits per heavy atom. The molecule has 1 saturated heterocycles. The molecule has 2 amide bonds. The molecule has 2 aliphatic heterocycles. The van der Waals surface area contributed by atoms with Crippen molar-refractivity contribution in [2.75, 3.05) is 26.7 Å². The van der Waals surface area contributed by atoms with Crippen molar-refractivity contribution in [3.8, 4) is 11.4 Å². The van der Waals surface area contributed by atoms with Crippen molar-refractivity contribution in [2.24, 2.45) is 11.7 Å². The Hall–Kier alpha value is -2.67. The number of carbonyl (C=O) groups is 2. The lowest BCUT2D eigenvalue weighted by atomic mass is 9.96. The molecule has 0 saturated carbocycles. The van der Waals surface area contributed by atoms with Crippen LogP contribution in [0, 0.1) is 5.92 Å². The number of benzene rings is 1. The fourth-order valence-corrected chi connectivity index (χ4v) is 4.04. The van der Waals surface area contributed by atoms with Gasteiger partial charge in [0.25, 0.3) is 0 Å². The zero-order valence-electron chi connectivity index (χ0n) is 15.6. The summed E-state index contributed by atoms with van der Waals surface area (Å²) in [6.07, 6.45) is 2.83. The number of likely N-dealkylation sites (tertiary alicyclic amines) is 1. The van der Waals surface area contributed by atoms with Crippen molar-refractivity contribution in [3.05, 3.63) is 41.2 Å². The number of rotatable bonds is 3. The fraction of sp³-hybridized carbons (Fsp3) is 0.450. The van der Waals surface area contributed by atoms with E-state index in [-0.39, 0.29) is 11.8 Å². The molecule has 0 spiro atoms. The van der Waals surface area contributed by atoms with Gasteiger partial charge >= 0.3 is 0 Å². The highest BCUT2D eigenvalue weighted by Crippen LogP contribution is 2.25. The molecule has 27 heavy (non-hydrogen) atoms. The quantitative estimate of drug-likeness (QED) is 0.857. The number of primary amides is 1. The van der Waals surface area contributed by atoms with Crippen molar-refractivity contribution < 1.29 is 9.59 Å². The Kier molecular flexibility index (Phi) is 4.70. The molecule has 2 aliphatic rings. The Labute approximate surface area is 158 Å². The molecule has 2 aromatic rings. The van der Waals surface area contributed by atoms with Crippen molar-refractivity contribution in [1.82, 2.24) is 19.8 Å². The summed E-state index contributed by atoms with van der Waals surface area (Å²) < 4.78 is 0. The highest BCUT2D eigenvalue weighted by atomic mass is 16.2. The second-order valence-electron chi connectivity index (χ2n) is 7.56. The minimum absolute atomic E-state index is 0.106. The van der Waals surface area contributed by atoms with Crippen LogP contribution in [0.5, 0.6) is 0 Å². The van der Waals surface area contributed by atoms with Gasteiger partial charge in [-0.1, -0.05) is 12.1 Å². The first kappa shape index (κ1) is 17.7. The molecule has 0 unspecified atom stereocenters. The standard InChI is InChI=1S/C20H25N5O2/c1-24-9-2-3-15(11-24)20(27)25-10-8-16-17(12-25)23-19(22-16)14-6-4-13(5-7-14)18(21)26/h4-7,15H,2-3,8-12H2,1H3,(H2,21,26)(H,22,23)/t15-/m1/s1. The first-order valence-corrected chi connectivity index (χ1v) is 9.46. The molecule has 3 heterocycles. The third-order valence-corrected chi connectivity index (χ3v) is 5.56. The number of H-pyrrole nitrogens is 1. The van der Waals surface area contributed by atoms with E-state index in [1.807, 2.05) is 17.0 Å². The summed E-state index contributed by atoms with van der Waals surface area (Å²) in [7, 11) is 2.08. The number of fused-ring (bicyclic) bond motifs is 1. The van der Waals surface area contributed by atoms with Gasteiger partial charge < -0.3 is 20.5 Å². The van der Waals surface area contributed by atoms with Crippen LogP contribution >= 0.6 is 0 Å². The molecule has 142 valence electrons. The van der Waals surface area contributed by atoms with E-state index in [1.54, 1.807) is 12.1 Å². The van der Waals surface area contributed by atoms with E-state index < -0.39 is 5.91 Å². The largest absolute Gasteiger partial charge is 0.366 e. The van der Waals surface area contributed by atoms with Crippen LogP contribution < -0.4 is 5.73 Å². The number of nitrogens with one attached hydrogen (secondary N) is 1. The van der Waals surface area contributed by atoms with Crippen LogP contribution in [0.15, 0.2) is 24.3 Å². The highest BCUT2D eigenvalue weighted by molar-refractivity contribution is 5.93. The third-order valence-electron chi connectivity index (χ3n) is 5.56. The van der Waals surface area contributed by atoms with Gasteiger partial charge in [0.2, 0.25) is 11.8 Å². The maximum atomic E-state index is 12.9. The minimum atomic E-state index is -0.442. The molecular formula is C20H25N5O2. The molecule has 0 aliphatic carbocycles. The van der Waals surface area contributed by atoms with Crippen LogP contribution in [0.4, 0.5) is 0 Å². The molecule has 0 bridgehead atoms. The Balaban J connectivity index is 1.49. The number of hydrogen-bond acceptors (Lipinski definition) is 4. The first-order chi connectivity index (χ1) is 13.0. The van der Waals surface area contributed by atoms with Crippen LogP contribution in [0.2, 0.25) is 0 Å². The van der Waals surface area contributed by atoms with Crippen molar-refractivity contribution >= 4 is 11.8 Å². The zero-order chi connectivity index (χ0) is 19.0. The second-order valence-corrected chi connectivity index (χ2v) is 7.56. The first-order valence-electron chi connectivity index (χ1n) is 9.46. The van der Waals surface area contributed by atoms with Gasteiger partial charge in [-0.2, -0.15) is 0 Å². The van der Waals surface area contributed by atoms with E-state index in [0.717, 1.165) is 61.7 Å². The smallest absolute Gasteiger partial charge is 0.248 e. The molecule has 1 aromatic heterocycles. The number of carbonyl (C=O) groups excluding carboxylic acids is 2. The predicted molar refractivity (Wildman–Crippen MR) is 102 cm³/mol. The van der Waals surface area contributed by atoms with E-state index in [2.05, 4.69) is 16.9 Å². The van der Waals surface area contributed by atoms with Gasteiger partial charge in [-0.3, -0.25) is 9.59 Å². The van der Waals surface area contributed by atoms with Crippen LogP contribution in [0.3, 0.4) is 0 Å². The van der Waals surface area contributed by atoms with E-state index in [9.17, 15) is 9.59 Å². The molecule has 3 N–H and O–H groups in total. The predicted octanol–water partition coefficient (Wildman–Crippen LogP) is 1.40. The van der Waals surface area contributed by atoms with Gasteiger partial charge in [0.05, 0.1) is 23.9 Å². The van der Waals surface area contributed by atoms with Crippen molar-refractivity contribution in [3.63, 3.8) is 0 Å². The summed E-state index contributed by atoms with van der Waals surface area (Å²) in [4.78, 5) is 36.4. The maximum Gasteiger partial charge on any atom is 0.248 e. The van der Waals surface area contributed by atoms with Crippen LogP contribution in [-0.4, -0.2) is 58.3 Å². The SMILES string of the molecule is CN1CCC[C@@H](C(=O)N2CCc3nc(-c4ccc(C(N)=O)cc4)[nH]c3C2)C1. The number of aromatic amines is 1. The van der Waals surface area contributed by atoms with Gasteiger partial charge in [0.15, 0.2) is 0 Å². The highest BCUT2D eigenvalue weighted by Gasteiger charge is 2.31. The summed E-state index contributed by atoms with van der Waals surface area (Å²) in [5, 5.41) is 0. The number of nitrogens with zero attached hydrogens (tertiary/aromatic N) is 3. The summed E-state index contributed by atoms with van der Waals surface area (Å²) in [6.45, 7) is 3.23. The maximum absolute atomic E-state index is 12.9. The number of aromatic nitrogens is 2. The molecule has 1 fully saturated rings. The molecular weight excluding hydrogens is 342 g/mol. The van der Waals surface area contributed by atoms with Gasteiger partial charge in [-0.25, -0.2) is 4.98 Å². The second kappa shape index (κ2) is 7.15. The average molecular weight is 367 g/mol. The normalized spacial score (nSPS) is 20.3. The van der Waals surface area contributed by atoms with E-state index in [4.69, 9.17) is 10.7 Å². The van der Waals surface area contributed by atoms with Crippen LogP contribution in [0.1, 0.15) is 34.6 Å². The Bertz CT molecular complexity index is 858.